The van der Waals surface area contributed by atoms with Crippen molar-refractivity contribution in [3.8, 4) is 22.3 Å². The van der Waals surface area contributed by atoms with Crippen molar-refractivity contribution in [3.63, 3.8) is 0 Å². The molecule has 7 rings (SSSR count). The van der Waals surface area contributed by atoms with Crippen molar-refractivity contribution in [1.82, 2.24) is 0 Å². The third-order valence-electron chi connectivity index (χ3n) is 6.92. The lowest BCUT2D eigenvalue weighted by molar-refractivity contribution is 0.365. The maximum Gasteiger partial charge on any atom is 0.494 e. The van der Waals surface area contributed by atoms with Gasteiger partial charge in [0.25, 0.3) is 0 Å². The van der Waals surface area contributed by atoms with Crippen molar-refractivity contribution in [2.24, 2.45) is 0 Å². The van der Waals surface area contributed by atoms with E-state index in [1.54, 1.807) is 0 Å². The molecule has 0 atom stereocenters. The molecule has 0 amide bonds. The van der Waals surface area contributed by atoms with E-state index in [1.807, 2.05) is 0 Å². The Hall–Kier alpha value is -3.14. The van der Waals surface area contributed by atoms with Crippen LogP contribution >= 0.6 is 0 Å². The summed E-state index contributed by atoms with van der Waals surface area (Å²) in [5, 5.41) is 0. The van der Waals surface area contributed by atoms with Gasteiger partial charge >= 0.3 is 7.12 Å². The first-order valence-electron chi connectivity index (χ1n) is 10.6. The van der Waals surface area contributed by atoms with Crippen LogP contribution in [0, 0.1) is 0 Å². The molecule has 2 aliphatic carbocycles. The maximum absolute atomic E-state index is 5.84. The van der Waals surface area contributed by atoms with E-state index in [0.717, 1.165) is 5.46 Å². The van der Waals surface area contributed by atoms with Gasteiger partial charge in [0.1, 0.15) is 0 Å². The van der Waals surface area contributed by atoms with Gasteiger partial charge in [-0.2, -0.15) is 0 Å². The topological polar surface area (TPSA) is 18.5 Å². The van der Waals surface area contributed by atoms with Crippen LogP contribution < -0.4 is 5.46 Å². The molecule has 142 valence electrons. The van der Waals surface area contributed by atoms with Crippen molar-refractivity contribution < 1.29 is 9.31 Å². The second-order valence-corrected chi connectivity index (χ2v) is 8.27. The fourth-order valence-electron chi connectivity index (χ4n) is 5.81. The number of fused-ring (bicyclic) bond motifs is 10. The van der Waals surface area contributed by atoms with Crippen LogP contribution in [0.1, 0.15) is 22.3 Å². The Kier molecular flexibility index (Phi) is 3.30. The molecule has 0 aromatic heterocycles. The smallest absolute Gasteiger partial charge is 0.405 e. The summed E-state index contributed by atoms with van der Waals surface area (Å²) in [6.45, 7) is 1.30. The van der Waals surface area contributed by atoms with E-state index in [0.29, 0.717) is 13.2 Å². The first kappa shape index (κ1) is 16.6. The predicted molar refractivity (Wildman–Crippen MR) is 120 cm³/mol. The fourth-order valence-corrected chi connectivity index (χ4v) is 5.81. The lowest BCUT2D eigenvalue weighted by atomic mass is 9.68. The van der Waals surface area contributed by atoms with E-state index in [-0.39, 0.29) is 12.5 Å². The molecule has 0 bridgehead atoms. The molecule has 1 saturated heterocycles. The molecule has 0 unspecified atom stereocenters. The molecular weight excluding hydrogens is 367 g/mol. The summed E-state index contributed by atoms with van der Waals surface area (Å²) >= 11 is 0. The Bertz CT molecular complexity index is 1260. The van der Waals surface area contributed by atoms with E-state index < -0.39 is 0 Å². The van der Waals surface area contributed by atoms with Gasteiger partial charge in [0.2, 0.25) is 0 Å². The largest absolute Gasteiger partial charge is 0.494 e. The van der Waals surface area contributed by atoms with Crippen LogP contribution in [-0.2, 0) is 14.7 Å². The Morgan fingerprint density at radius 3 is 1.53 bits per heavy atom. The number of rotatable bonds is 1. The highest BCUT2D eigenvalue weighted by atomic mass is 16.6. The summed E-state index contributed by atoms with van der Waals surface area (Å²) < 4.78 is 11.7. The molecule has 0 saturated carbocycles. The van der Waals surface area contributed by atoms with Gasteiger partial charge in [0.15, 0.2) is 0 Å². The van der Waals surface area contributed by atoms with E-state index in [1.165, 1.54) is 44.5 Å². The zero-order valence-corrected chi connectivity index (χ0v) is 16.5. The van der Waals surface area contributed by atoms with Gasteiger partial charge in [0, 0.05) is 0 Å². The highest BCUT2D eigenvalue weighted by Gasteiger charge is 2.51. The molecule has 0 N–H and O–H groups in total. The van der Waals surface area contributed by atoms with Gasteiger partial charge in [-0.05, 0) is 50.0 Å². The summed E-state index contributed by atoms with van der Waals surface area (Å²) in [7, 11) is -0.275. The van der Waals surface area contributed by atoms with Crippen molar-refractivity contribution >= 4 is 12.6 Å². The molecule has 1 spiro atoms. The third kappa shape index (κ3) is 1.92. The highest BCUT2D eigenvalue weighted by molar-refractivity contribution is 6.61. The van der Waals surface area contributed by atoms with Crippen LogP contribution in [0.15, 0.2) is 91.0 Å². The molecule has 30 heavy (non-hydrogen) atoms. The van der Waals surface area contributed by atoms with Crippen molar-refractivity contribution in [3.05, 3.63) is 113 Å². The summed E-state index contributed by atoms with van der Waals surface area (Å²) in [6.07, 6.45) is 0. The summed E-state index contributed by atoms with van der Waals surface area (Å²) in [5.41, 5.74) is 11.5. The van der Waals surface area contributed by atoms with Gasteiger partial charge in [-0.1, -0.05) is 91.0 Å². The van der Waals surface area contributed by atoms with Crippen molar-refractivity contribution in [2.45, 2.75) is 5.41 Å². The van der Waals surface area contributed by atoms with Gasteiger partial charge in [0.05, 0.1) is 18.6 Å². The van der Waals surface area contributed by atoms with E-state index in [9.17, 15) is 0 Å². The minimum absolute atomic E-state index is 0.275. The standard InChI is InChI=1S/C27H19BO2/c1-4-10-23-19(7-1)20-8-2-5-11-24(20)27(23)25-12-6-3-9-21(25)22-14-13-18(17-26(22)27)28-29-15-16-30-28/h1-14,17H,15-16H2. The lowest BCUT2D eigenvalue weighted by Gasteiger charge is -2.30. The van der Waals surface area contributed by atoms with E-state index in [4.69, 9.17) is 9.31 Å². The SMILES string of the molecule is c1ccc2c(c1)-c1ccccc1C21c2ccccc2-c2ccc(B3OCCO3)cc21. The molecule has 1 aliphatic heterocycles. The second-order valence-electron chi connectivity index (χ2n) is 8.27. The molecule has 4 aromatic rings. The minimum Gasteiger partial charge on any atom is -0.405 e. The zero-order valence-electron chi connectivity index (χ0n) is 16.5. The predicted octanol–water partition coefficient (Wildman–Crippen LogP) is 4.77. The van der Waals surface area contributed by atoms with Crippen LogP contribution in [0.25, 0.3) is 22.3 Å². The van der Waals surface area contributed by atoms with Gasteiger partial charge in [-0.15, -0.1) is 0 Å². The van der Waals surface area contributed by atoms with Gasteiger partial charge < -0.3 is 9.31 Å². The number of benzene rings is 4. The van der Waals surface area contributed by atoms with Gasteiger partial charge in [-0.25, -0.2) is 0 Å². The Morgan fingerprint density at radius 2 is 1.00 bits per heavy atom. The quantitative estimate of drug-likeness (QED) is 0.379. The second kappa shape index (κ2) is 5.94. The summed E-state index contributed by atoms with van der Waals surface area (Å²) in [6, 6.07) is 33.4. The average molecular weight is 386 g/mol. The normalized spacial score (nSPS) is 17.0. The fraction of sp³-hybridized carbons (Fsp3) is 0.111. The molecule has 2 nitrogen and oxygen atoms in total. The van der Waals surface area contributed by atoms with Crippen LogP contribution in [0.5, 0.6) is 0 Å². The van der Waals surface area contributed by atoms with Crippen molar-refractivity contribution in [1.29, 1.82) is 0 Å². The number of hydrogen-bond acceptors (Lipinski definition) is 2. The molecule has 1 heterocycles. The van der Waals surface area contributed by atoms with Crippen LogP contribution in [-0.4, -0.2) is 20.3 Å². The molecular formula is C27H19BO2. The van der Waals surface area contributed by atoms with Gasteiger partial charge in [-0.3, -0.25) is 0 Å². The minimum atomic E-state index is -0.298. The first-order valence-corrected chi connectivity index (χ1v) is 10.6. The summed E-state index contributed by atoms with van der Waals surface area (Å²) in [5.74, 6) is 0. The first-order chi connectivity index (χ1) is 14.9. The molecule has 4 aromatic carbocycles. The van der Waals surface area contributed by atoms with Crippen molar-refractivity contribution in [2.75, 3.05) is 13.2 Å². The van der Waals surface area contributed by atoms with E-state index in [2.05, 4.69) is 91.0 Å². The average Bonchev–Trinajstić information content (AvgIpc) is 3.51. The third-order valence-corrected chi connectivity index (χ3v) is 6.92. The molecule has 3 heteroatoms. The zero-order chi connectivity index (χ0) is 19.7. The van der Waals surface area contributed by atoms with Crippen LogP contribution in [0.4, 0.5) is 0 Å². The Labute approximate surface area is 176 Å². The lowest BCUT2D eigenvalue weighted by Crippen LogP contribution is -2.34. The Morgan fingerprint density at radius 1 is 0.533 bits per heavy atom. The van der Waals surface area contributed by atoms with E-state index >= 15 is 0 Å². The molecule has 1 fully saturated rings. The highest BCUT2D eigenvalue weighted by Crippen LogP contribution is 2.62. The number of hydrogen-bond donors (Lipinski definition) is 0. The van der Waals surface area contributed by atoms with Crippen LogP contribution in [0.2, 0.25) is 0 Å². The van der Waals surface area contributed by atoms with Crippen LogP contribution in [0.3, 0.4) is 0 Å². The Balaban J connectivity index is 1.62. The monoisotopic (exact) mass is 386 g/mol. The molecule has 3 aliphatic rings. The summed E-state index contributed by atoms with van der Waals surface area (Å²) in [4.78, 5) is 0. The molecule has 0 radical (unpaired) electrons. The maximum atomic E-state index is 5.84.